The van der Waals surface area contributed by atoms with Crippen molar-refractivity contribution in [2.45, 2.75) is 39.0 Å². The number of hydrogen-bond donors (Lipinski definition) is 1. The highest BCUT2D eigenvalue weighted by Crippen LogP contribution is 2.34. The van der Waals surface area contributed by atoms with Crippen LogP contribution in [0.2, 0.25) is 0 Å². The number of tetrazole rings is 1. The van der Waals surface area contributed by atoms with Crippen LogP contribution in [-0.2, 0) is 19.6 Å². The van der Waals surface area contributed by atoms with Crippen LogP contribution in [0.25, 0.3) is 10.9 Å². The number of pyridine rings is 1. The topological polar surface area (TPSA) is 117 Å². The molecule has 0 amide bonds. The Morgan fingerprint density at radius 1 is 0.929 bits per heavy atom. The Labute approximate surface area is 242 Å². The van der Waals surface area contributed by atoms with E-state index >= 15 is 0 Å². The molecule has 0 unspecified atom stereocenters. The minimum atomic E-state index is -0.191. The molecule has 0 saturated carbocycles. The fourth-order valence-corrected chi connectivity index (χ4v) is 5.31. The number of H-pyrrole nitrogens is 1. The second-order valence-corrected chi connectivity index (χ2v) is 10.1. The van der Waals surface area contributed by atoms with Crippen molar-refractivity contribution in [2.24, 2.45) is 0 Å². The standard InChI is InChI=1S/C31H32N6O5/c1-4-27(30-33-34-35-37(30)17-20-5-8-24(39-2)9-6-20)36(16-21-7-12-28-29(13-21)42-19-41-28)18-23-14-22-15-25(40-3)10-11-26(22)32-31(23)38/h5-15,27H,4,16-19H2,1-3H3,(H,32,38)/t27-/m1/s1. The Kier molecular flexibility index (Phi) is 7.74. The summed E-state index contributed by atoms with van der Waals surface area (Å²) in [5, 5.41) is 13.7. The molecule has 11 heteroatoms. The lowest BCUT2D eigenvalue weighted by molar-refractivity contribution is 0.161. The molecule has 11 nitrogen and oxygen atoms in total. The molecule has 42 heavy (non-hydrogen) atoms. The second-order valence-electron chi connectivity index (χ2n) is 10.1. The fraction of sp³-hybridized carbons (Fsp3) is 0.290. The number of fused-ring (bicyclic) bond motifs is 2. The normalized spacial score (nSPS) is 13.0. The molecule has 0 radical (unpaired) electrons. The maximum absolute atomic E-state index is 13.3. The number of nitrogens with one attached hydrogen (secondary N) is 1. The molecule has 0 aliphatic carbocycles. The van der Waals surface area contributed by atoms with Crippen LogP contribution in [0.5, 0.6) is 23.0 Å². The van der Waals surface area contributed by atoms with Crippen LogP contribution in [0.15, 0.2) is 71.5 Å². The Bertz CT molecular complexity index is 1750. The summed E-state index contributed by atoms with van der Waals surface area (Å²) in [5.41, 5.74) is 3.30. The van der Waals surface area contributed by atoms with E-state index in [2.05, 4.69) is 32.3 Å². The summed E-state index contributed by atoms with van der Waals surface area (Å²) < 4.78 is 23.7. The third kappa shape index (κ3) is 5.64. The van der Waals surface area contributed by atoms with E-state index in [0.29, 0.717) is 43.2 Å². The molecule has 3 heterocycles. The van der Waals surface area contributed by atoms with Gasteiger partial charge in [-0.05, 0) is 76.5 Å². The number of ether oxygens (including phenoxy) is 4. The van der Waals surface area contributed by atoms with Crippen LogP contribution in [0.3, 0.4) is 0 Å². The Morgan fingerprint density at radius 3 is 2.48 bits per heavy atom. The van der Waals surface area contributed by atoms with Crippen LogP contribution in [0.1, 0.15) is 41.9 Å². The molecule has 0 spiro atoms. The van der Waals surface area contributed by atoms with Crippen LogP contribution >= 0.6 is 0 Å². The van der Waals surface area contributed by atoms with E-state index in [-0.39, 0.29) is 18.4 Å². The van der Waals surface area contributed by atoms with Crippen molar-refractivity contribution in [1.82, 2.24) is 30.1 Å². The van der Waals surface area contributed by atoms with Gasteiger partial charge in [0.05, 0.1) is 26.8 Å². The summed E-state index contributed by atoms with van der Waals surface area (Å²) in [6, 6.07) is 21.1. The largest absolute Gasteiger partial charge is 0.497 e. The van der Waals surface area contributed by atoms with Crippen molar-refractivity contribution < 1.29 is 18.9 Å². The first-order valence-corrected chi connectivity index (χ1v) is 13.8. The summed E-state index contributed by atoms with van der Waals surface area (Å²) in [4.78, 5) is 18.5. The van der Waals surface area contributed by atoms with E-state index < -0.39 is 0 Å². The first kappa shape index (κ1) is 27.3. The first-order valence-electron chi connectivity index (χ1n) is 13.8. The van der Waals surface area contributed by atoms with Crippen molar-refractivity contribution in [3.8, 4) is 23.0 Å². The molecular formula is C31H32N6O5. The minimum absolute atomic E-state index is 0.143. The van der Waals surface area contributed by atoms with E-state index in [1.165, 1.54) is 0 Å². The molecule has 5 aromatic rings. The maximum Gasteiger partial charge on any atom is 0.252 e. The molecule has 0 fully saturated rings. The zero-order valence-corrected chi connectivity index (χ0v) is 23.7. The number of aromatic nitrogens is 5. The molecular weight excluding hydrogens is 536 g/mol. The molecule has 1 aliphatic rings. The van der Waals surface area contributed by atoms with Crippen LogP contribution in [-0.4, -0.2) is 51.1 Å². The average Bonchev–Trinajstić information content (AvgIpc) is 3.67. The van der Waals surface area contributed by atoms with Gasteiger partial charge in [-0.15, -0.1) is 5.10 Å². The number of hydrogen-bond acceptors (Lipinski definition) is 9. The van der Waals surface area contributed by atoms with Gasteiger partial charge >= 0.3 is 0 Å². The van der Waals surface area contributed by atoms with Gasteiger partial charge in [0.1, 0.15) is 11.5 Å². The van der Waals surface area contributed by atoms with Crippen molar-refractivity contribution in [2.75, 3.05) is 21.0 Å². The van der Waals surface area contributed by atoms with Crippen LogP contribution in [0, 0.1) is 0 Å². The maximum atomic E-state index is 13.3. The SMILES string of the molecule is CC[C@H](c1nnnn1Cc1ccc(OC)cc1)N(Cc1ccc2c(c1)OCO2)Cc1cc2cc(OC)ccc2[nH]c1=O. The molecule has 1 aliphatic heterocycles. The lowest BCUT2D eigenvalue weighted by atomic mass is 10.1. The Morgan fingerprint density at radius 2 is 1.69 bits per heavy atom. The van der Waals surface area contributed by atoms with Crippen molar-refractivity contribution >= 4 is 10.9 Å². The third-order valence-electron chi connectivity index (χ3n) is 7.50. The summed E-state index contributed by atoms with van der Waals surface area (Å²) in [5.74, 6) is 3.66. The summed E-state index contributed by atoms with van der Waals surface area (Å²) in [7, 11) is 3.27. The van der Waals surface area contributed by atoms with Gasteiger partial charge in [0, 0.05) is 29.6 Å². The molecule has 2 aromatic heterocycles. The number of rotatable bonds is 11. The number of methoxy groups -OCH3 is 2. The molecule has 1 atom stereocenters. The zero-order chi connectivity index (χ0) is 29.1. The van der Waals surface area contributed by atoms with Gasteiger partial charge in [-0.2, -0.15) is 0 Å². The van der Waals surface area contributed by atoms with Crippen LogP contribution in [0.4, 0.5) is 0 Å². The first-order chi connectivity index (χ1) is 20.5. The third-order valence-corrected chi connectivity index (χ3v) is 7.50. The molecule has 216 valence electrons. The molecule has 0 saturated heterocycles. The molecule has 6 rings (SSSR count). The summed E-state index contributed by atoms with van der Waals surface area (Å²) >= 11 is 0. The summed E-state index contributed by atoms with van der Waals surface area (Å²) in [6.07, 6.45) is 0.715. The number of benzene rings is 3. The van der Waals surface area contributed by atoms with Gasteiger partial charge in [0.25, 0.3) is 5.56 Å². The Balaban J connectivity index is 1.36. The van der Waals surface area contributed by atoms with E-state index in [1.54, 1.807) is 14.2 Å². The highest BCUT2D eigenvalue weighted by Gasteiger charge is 2.27. The fourth-order valence-electron chi connectivity index (χ4n) is 5.31. The van der Waals surface area contributed by atoms with Gasteiger partial charge in [0.2, 0.25) is 6.79 Å². The lowest BCUT2D eigenvalue weighted by Gasteiger charge is -2.30. The van der Waals surface area contributed by atoms with Gasteiger partial charge in [-0.3, -0.25) is 9.69 Å². The van der Waals surface area contributed by atoms with Gasteiger partial charge in [-0.1, -0.05) is 25.1 Å². The van der Waals surface area contributed by atoms with Crippen molar-refractivity contribution in [3.05, 3.63) is 99.6 Å². The Hall–Kier alpha value is -4.90. The lowest BCUT2D eigenvalue weighted by Crippen LogP contribution is -2.32. The highest BCUT2D eigenvalue weighted by atomic mass is 16.7. The predicted octanol–water partition coefficient (Wildman–Crippen LogP) is 4.46. The van der Waals surface area contributed by atoms with Crippen molar-refractivity contribution in [1.29, 1.82) is 0 Å². The number of nitrogens with zero attached hydrogens (tertiary/aromatic N) is 5. The van der Waals surface area contributed by atoms with E-state index in [0.717, 1.165) is 39.3 Å². The predicted molar refractivity (Wildman–Crippen MR) is 156 cm³/mol. The van der Waals surface area contributed by atoms with Crippen LogP contribution < -0.4 is 24.5 Å². The smallest absolute Gasteiger partial charge is 0.252 e. The van der Waals surface area contributed by atoms with Crippen molar-refractivity contribution in [3.63, 3.8) is 0 Å². The van der Waals surface area contributed by atoms with Gasteiger partial charge < -0.3 is 23.9 Å². The highest BCUT2D eigenvalue weighted by molar-refractivity contribution is 5.80. The zero-order valence-electron chi connectivity index (χ0n) is 23.7. The molecule has 1 N–H and O–H groups in total. The molecule has 0 bridgehead atoms. The second kappa shape index (κ2) is 11.9. The summed E-state index contributed by atoms with van der Waals surface area (Å²) in [6.45, 7) is 3.69. The van der Waals surface area contributed by atoms with E-state index in [4.69, 9.17) is 18.9 Å². The average molecular weight is 569 g/mol. The van der Waals surface area contributed by atoms with E-state index in [1.807, 2.05) is 71.4 Å². The van der Waals surface area contributed by atoms with E-state index in [9.17, 15) is 4.79 Å². The quantitative estimate of drug-likeness (QED) is 0.246. The number of aromatic amines is 1. The van der Waals surface area contributed by atoms with Gasteiger partial charge in [0.15, 0.2) is 17.3 Å². The van der Waals surface area contributed by atoms with Gasteiger partial charge in [-0.25, -0.2) is 4.68 Å². The monoisotopic (exact) mass is 568 g/mol. The molecule has 3 aromatic carbocycles. The minimum Gasteiger partial charge on any atom is -0.497 e.